The molecule has 0 fully saturated rings. The maximum Gasteiger partial charge on any atom is 0.323 e. The average molecular weight is 350 g/mol. The van der Waals surface area contributed by atoms with Crippen LogP contribution in [0.4, 0.5) is 0 Å². The molecule has 0 saturated heterocycles. The second kappa shape index (κ2) is 9.57. The monoisotopic (exact) mass is 349 g/mol. The molecule has 0 aromatic heterocycles. The molecule has 1 aromatic rings. The van der Waals surface area contributed by atoms with E-state index in [0.717, 1.165) is 10.6 Å². The van der Waals surface area contributed by atoms with Crippen LogP contribution in [0.2, 0.25) is 10.0 Å². The van der Waals surface area contributed by atoms with Crippen molar-refractivity contribution in [2.24, 2.45) is 0 Å². The van der Waals surface area contributed by atoms with Gasteiger partial charge in [0.05, 0.1) is 16.7 Å². The van der Waals surface area contributed by atoms with Gasteiger partial charge in [-0.2, -0.15) is 0 Å². The smallest absolute Gasteiger partial charge is 0.323 e. The number of halogens is 2. The standard InChI is InChI=1S/C15H21Cl2NO2S/c1-4-20-15(19)14(18-10(2)3)7-8-21-11-5-6-12(16)13(17)9-11/h5-6,9-10,14,18H,4,7-8H2,1-3H3. The minimum Gasteiger partial charge on any atom is -0.465 e. The fourth-order valence-electron chi connectivity index (χ4n) is 1.78. The van der Waals surface area contributed by atoms with Crippen molar-refractivity contribution < 1.29 is 9.53 Å². The highest BCUT2D eigenvalue weighted by Crippen LogP contribution is 2.28. The number of carbonyl (C=O) groups excluding carboxylic acids is 1. The Morgan fingerprint density at radius 2 is 2.05 bits per heavy atom. The Morgan fingerprint density at radius 1 is 1.33 bits per heavy atom. The summed E-state index contributed by atoms with van der Waals surface area (Å²) in [5.74, 6) is 0.599. The molecule has 0 aliphatic heterocycles. The number of benzene rings is 1. The molecule has 0 aliphatic rings. The first-order valence-electron chi connectivity index (χ1n) is 6.94. The maximum absolute atomic E-state index is 11.9. The molecule has 0 amide bonds. The summed E-state index contributed by atoms with van der Waals surface area (Å²) in [7, 11) is 0. The second-order valence-electron chi connectivity index (χ2n) is 4.84. The first-order valence-corrected chi connectivity index (χ1v) is 8.68. The van der Waals surface area contributed by atoms with Crippen LogP contribution < -0.4 is 5.32 Å². The maximum atomic E-state index is 11.9. The molecule has 1 unspecified atom stereocenters. The highest BCUT2D eigenvalue weighted by Gasteiger charge is 2.20. The molecule has 0 heterocycles. The summed E-state index contributed by atoms with van der Waals surface area (Å²) in [5.41, 5.74) is 0. The highest BCUT2D eigenvalue weighted by atomic mass is 35.5. The molecule has 1 rings (SSSR count). The van der Waals surface area contributed by atoms with Gasteiger partial charge in [-0.25, -0.2) is 0 Å². The third kappa shape index (κ3) is 6.92. The average Bonchev–Trinajstić information content (AvgIpc) is 2.41. The number of carbonyl (C=O) groups is 1. The number of thioether (sulfide) groups is 1. The fourth-order valence-corrected chi connectivity index (χ4v) is 3.09. The Hall–Kier alpha value is -0.420. The van der Waals surface area contributed by atoms with E-state index >= 15 is 0 Å². The van der Waals surface area contributed by atoms with Gasteiger partial charge in [-0.3, -0.25) is 4.79 Å². The van der Waals surface area contributed by atoms with E-state index in [9.17, 15) is 4.79 Å². The van der Waals surface area contributed by atoms with Crippen molar-refractivity contribution in [3.05, 3.63) is 28.2 Å². The van der Waals surface area contributed by atoms with Crippen LogP contribution in [-0.4, -0.2) is 30.4 Å². The molecular formula is C15H21Cl2NO2S. The minimum absolute atomic E-state index is 0.194. The topological polar surface area (TPSA) is 38.3 Å². The summed E-state index contributed by atoms with van der Waals surface area (Å²) in [6.45, 7) is 6.24. The van der Waals surface area contributed by atoms with E-state index in [0.29, 0.717) is 23.1 Å². The summed E-state index contributed by atoms with van der Waals surface area (Å²) in [6.07, 6.45) is 0.696. The lowest BCUT2D eigenvalue weighted by Crippen LogP contribution is -2.42. The van der Waals surface area contributed by atoms with Crippen LogP contribution in [0.15, 0.2) is 23.1 Å². The molecule has 118 valence electrons. The number of hydrogen-bond donors (Lipinski definition) is 1. The molecule has 0 aliphatic carbocycles. The number of hydrogen-bond acceptors (Lipinski definition) is 4. The van der Waals surface area contributed by atoms with Crippen LogP contribution in [-0.2, 0) is 9.53 Å². The molecule has 21 heavy (non-hydrogen) atoms. The largest absolute Gasteiger partial charge is 0.465 e. The lowest BCUT2D eigenvalue weighted by Gasteiger charge is -2.19. The van der Waals surface area contributed by atoms with Gasteiger partial charge in [0.1, 0.15) is 6.04 Å². The molecule has 1 atom stereocenters. The molecule has 0 bridgehead atoms. The van der Waals surface area contributed by atoms with Crippen LogP contribution in [0.25, 0.3) is 0 Å². The normalized spacial score (nSPS) is 12.5. The SMILES string of the molecule is CCOC(=O)C(CCSc1ccc(Cl)c(Cl)c1)NC(C)C. The van der Waals surface area contributed by atoms with Crippen molar-refractivity contribution in [2.45, 2.75) is 44.2 Å². The van der Waals surface area contributed by atoms with Crippen molar-refractivity contribution in [2.75, 3.05) is 12.4 Å². The van der Waals surface area contributed by atoms with E-state index in [2.05, 4.69) is 5.32 Å². The van der Waals surface area contributed by atoms with Crippen molar-refractivity contribution >= 4 is 40.9 Å². The Bertz CT molecular complexity index is 469. The zero-order chi connectivity index (χ0) is 15.8. The van der Waals surface area contributed by atoms with Gasteiger partial charge >= 0.3 is 5.97 Å². The van der Waals surface area contributed by atoms with Crippen molar-refractivity contribution in [3.8, 4) is 0 Å². The number of rotatable bonds is 8. The molecular weight excluding hydrogens is 329 g/mol. The van der Waals surface area contributed by atoms with Crippen LogP contribution in [0.1, 0.15) is 27.2 Å². The van der Waals surface area contributed by atoms with Crippen molar-refractivity contribution in [3.63, 3.8) is 0 Å². The van der Waals surface area contributed by atoms with Crippen LogP contribution in [0.5, 0.6) is 0 Å². The predicted octanol–water partition coefficient (Wildman–Crippen LogP) is 4.41. The first-order chi connectivity index (χ1) is 9.93. The van der Waals surface area contributed by atoms with Gasteiger partial charge in [0.25, 0.3) is 0 Å². The molecule has 0 radical (unpaired) electrons. The Morgan fingerprint density at radius 3 is 2.62 bits per heavy atom. The number of nitrogens with one attached hydrogen (secondary N) is 1. The van der Waals surface area contributed by atoms with Gasteiger partial charge in [-0.1, -0.05) is 37.0 Å². The summed E-state index contributed by atoms with van der Waals surface area (Å²) in [5, 5.41) is 4.33. The first kappa shape index (κ1) is 18.6. The predicted molar refractivity (Wildman–Crippen MR) is 90.5 cm³/mol. The zero-order valence-electron chi connectivity index (χ0n) is 12.5. The Balaban J connectivity index is 2.52. The van der Waals surface area contributed by atoms with E-state index < -0.39 is 0 Å². The van der Waals surface area contributed by atoms with E-state index in [-0.39, 0.29) is 18.1 Å². The quantitative estimate of drug-likeness (QED) is 0.557. The molecule has 3 nitrogen and oxygen atoms in total. The lowest BCUT2D eigenvalue weighted by molar-refractivity contribution is -0.145. The van der Waals surface area contributed by atoms with Gasteiger partial charge in [0, 0.05) is 16.7 Å². The van der Waals surface area contributed by atoms with Crippen LogP contribution >= 0.6 is 35.0 Å². The third-order valence-electron chi connectivity index (χ3n) is 2.67. The summed E-state index contributed by atoms with van der Waals surface area (Å²) in [6, 6.07) is 5.49. The van der Waals surface area contributed by atoms with Crippen molar-refractivity contribution in [1.29, 1.82) is 0 Å². The molecule has 1 N–H and O–H groups in total. The number of ether oxygens (including phenoxy) is 1. The Labute approximate surface area is 140 Å². The highest BCUT2D eigenvalue weighted by molar-refractivity contribution is 7.99. The van der Waals surface area contributed by atoms with Gasteiger partial charge in [-0.15, -0.1) is 11.8 Å². The second-order valence-corrected chi connectivity index (χ2v) is 6.82. The van der Waals surface area contributed by atoms with Gasteiger partial charge in [-0.05, 0) is 31.5 Å². The van der Waals surface area contributed by atoms with Crippen molar-refractivity contribution in [1.82, 2.24) is 5.32 Å². The molecule has 0 spiro atoms. The van der Waals surface area contributed by atoms with Gasteiger partial charge in [0.15, 0.2) is 0 Å². The van der Waals surface area contributed by atoms with E-state index in [1.807, 2.05) is 32.9 Å². The van der Waals surface area contributed by atoms with E-state index in [1.54, 1.807) is 17.8 Å². The molecule has 0 saturated carbocycles. The van der Waals surface area contributed by atoms with Crippen LogP contribution in [0, 0.1) is 0 Å². The zero-order valence-corrected chi connectivity index (χ0v) is 14.8. The molecule has 6 heteroatoms. The third-order valence-corrected chi connectivity index (χ3v) is 4.44. The Kier molecular flexibility index (Phi) is 8.49. The fraction of sp³-hybridized carbons (Fsp3) is 0.533. The lowest BCUT2D eigenvalue weighted by atomic mass is 10.2. The van der Waals surface area contributed by atoms with E-state index in [1.165, 1.54) is 0 Å². The van der Waals surface area contributed by atoms with Gasteiger partial charge in [0.2, 0.25) is 0 Å². The summed E-state index contributed by atoms with van der Waals surface area (Å²) in [4.78, 5) is 12.9. The van der Waals surface area contributed by atoms with Gasteiger partial charge < -0.3 is 10.1 Å². The number of esters is 1. The minimum atomic E-state index is -0.278. The van der Waals surface area contributed by atoms with E-state index in [4.69, 9.17) is 27.9 Å². The molecule has 1 aromatic carbocycles. The summed E-state index contributed by atoms with van der Waals surface area (Å²) >= 11 is 13.5. The van der Waals surface area contributed by atoms with Crippen LogP contribution in [0.3, 0.4) is 0 Å². The summed E-state index contributed by atoms with van der Waals surface area (Å²) < 4.78 is 5.09.